The van der Waals surface area contributed by atoms with Crippen LogP contribution in [-0.2, 0) is 17.9 Å². The summed E-state index contributed by atoms with van der Waals surface area (Å²) in [5.41, 5.74) is 2.76. The number of hydrogen-bond acceptors (Lipinski definition) is 4. The molecule has 0 fully saturated rings. The zero-order chi connectivity index (χ0) is 23.4. The number of halogens is 1. The van der Waals surface area contributed by atoms with Gasteiger partial charge in [-0.25, -0.2) is 0 Å². The number of nitrogens with zero attached hydrogens (tertiary/aromatic N) is 1. The molecular formula is C24H25ClN4O3S. The minimum absolute atomic E-state index is 0.0145. The molecule has 0 radical (unpaired) electrons. The summed E-state index contributed by atoms with van der Waals surface area (Å²) in [4.78, 5) is 31.5. The Morgan fingerprint density at radius 2 is 1.94 bits per heavy atom. The van der Waals surface area contributed by atoms with E-state index in [1.807, 2.05) is 36.4 Å². The van der Waals surface area contributed by atoms with Crippen molar-refractivity contribution in [1.29, 1.82) is 0 Å². The number of aromatic amines is 2. The molecule has 9 heteroatoms. The Hall–Kier alpha value is -3.10. The van der Waals surface area contributed by atoms with Crippen molar-refractivity contribution in [1.82, 2.24) is 19.9 Å². The second-order valence-corrected chi connectivity index (χ2v) is 8.65. The molecule has 2 heterocycles. The van der Waals surface area contributed by atoms with E-state index in [4.69, 9.17) is 28.6 Å². The summed E-state index contributed by atoms with van der Waals surface area (Å²) in [6, 6.07) is 13.0. The summed E-state index contributed by atoms with van der Waals surface area (Å²) in [5, 5.41) is 4.40. The predicted molar refractivity (Wildman–Crippen MR) is 134 cm³/mol. The van der Waals surface area contributed by atoms with Gasteiger partial charge in [0, 0.05) is 35.4 Å². The largest absolute Gasteiger partial charge is 0.497 e. The molecule has 4 aromatic rings. The summed E-state index contributed by atoms with van der Waals surface area (Å²) < 4.78 is 7.24. The zero-order valence-corrected chi connectivity index (χ0v) is 19.8. The molecular weight excluding hydrogens is 460 g/mol. The number of nitrogens with one attached hydrogen (secondary N) is 3. The number of fused-ring (bicyclic) bond motifs is 3. The molecule has 0 atom stereocenters. The highest BCUT2D eigenvalue weighted by molar-refractivity contribution is 7.71. The quantitative estimate of drug-likeness (QED) is 0.228. The van der Waals surface area contributed by atoms with Gasteiger partial charge in [-0.15, -0.1) is 0 Å². The maximum absolute atomic E-state index is 13.0. The average molecular weight is 485 g/mol. The first-order chi connectivity index (χ1) is 16.0. The van der Waals surface area contributed by atoms with Crippen molar-refractivity contribution in [3.63, 3.8) is 0 Å². The molecule has 2 aromatic carbocycles. The molecule has 33 heavy (non-hydrogen) atoms. The van der Waals surface area contributed by atoms with Gasteiger partial charge in [-0.1, -0.05) is 36.2 Å². The van der Waals surface area contributed by atoms with Crippen molar-refractivity contribution in [2.75, 3.05) is 7.11 Å². The summed E-state index contributed by atoms with van der Waals surface area (Å²) >= 11 is 11.6. The van der Waals surface area contributed by atoms with Crippen LogP contribution in [0.3, 0.4) is 0 Å². The Bertz CT molecular complexity index is 1420. The molecule has 0 aliphatic heterocycles. The number of aromatic nitrogens is 3. The van der Waals surface area contributed by atoms with E-state index >= 15 is 0 Å². The monoisotopic (exact) mass is 484 g/mol. The molecule has 172 valence electrons. The average Bonchev–Trinajstić information content (AvgIpc) is 3.18. The third kappa shape index (κ3) is 5.12. The zero-order valence-electron chi connectivity index (χ0n) is 18.2. The normalized spacial score (nSPS) is 11.2. The summed E-state index contributed by atoms with van der Waals surface area (Å²) in [6.07, 6.45) is 2.71. The molecule has 0 unspecified atom stereocenters. The highest BCUT2D eigenvalue weighted by Gasteiger charge is 2.12. The number of H-pyrrole nitrogens is 2. The molecule has 1 amide bonds. The maximum atomic E-state index is 13.0. The fourth-order valence-corrected chi connectivity index (χ4v) is 4.33. The third-order valence-electron chi connectivity index (χ3n) is 5.66. The van der Waals surface area contributed by atoms with Crippen LogP contribution in [0.2, 0.25) is 5.02 Å². The second-order valence-electron chi connectivity index (χ2n) is 7.85. The van der Waals surface area contributed by atoms with Crippen molar-refractivity contribution in [3.8, 4) is 5.75 Å². The Morgan fingerprint density at radius 1 is 1.12 bits per heavy atom. The SMILES string of the molecule is COc1ccc2[nH]c3c(=O)n(CCCCCC(=O)NCc4ccccc4Cl)c(=S)[nH]c3c2c1. The van der Waals surface area contributed by atoms with Gasteiger partial charge in [-0.05, 0) is 54.9 Å². The number of unbranched alkanes of at least 4 members (excludes halogenated alkanes) is 2. The van der Waals surface area contributed by atoms with E-state index in [9.17, 15) is 9.59 Å². The van der Waals surface area contributed by atoms with Gasteiger partial charge in [-0.3, -0.25) is 14.2 Å². The number of carbonyl (C=O) groups is 1. The number of benzene rings is 2. The highest BCUT2D eigenvalue weighted by atomic mass is 35.5. The molecule has 2 aromatic heterocycles. The lowest BCUT2D eigenvalue weighted by molar-refractivity contribution is -0.121. The summed E-state index contributed by atoms with van der Waals surface area (Å²) in [5.74, 6) is 0.696. The fourth-order valence-electron chi connectivity index (χ4n) is 3.85. The van der Waals surface area contributed by atoms with Crippen LogP contribution in [0.4, 0.5) is 0 Å². The predicted octanol–water partition coefficient (Wildman–Crippen LogP) is 5.08. The standard InChI is InChI=1S/C24H25ClN4O3S/c1-32-16-10-11-19-17(13-16)21-22(27-19)23(31)29(24(33)28-21)12-6-2-3-9-20(30)26-14-15-7-4-5-8-18(15)25/h4-5,7-8,10-11,13,27H,2-3,6,9,12,14H2,1H3,(H,26,30)(H,28,33). The Balaban J connectivity index is 1.33. The molecule has 0 aliphatic rings. The molecule has 7 nitrogen and oxygen atoms in total. The minimum atomic E-state index is -0.151. The minimum Gasteiger partial charge on any atom is -0.497 e. The van der Waals surface area contributed by atoms with Gasteiger partial charge in [0.25, 0.3) is 5.56 Å². The lowest BCUT2D eigenvalue weighted by Gasteiger charge is -2.08. The van der Waals surface area contributed by atoms with Crippen molar-refractivity contribution in [2.45, 2.75) is 38.8 Å². The van der Waals surface area contributed by atoms with Crippen molar-refractivity contribution in [3.05, 3.63) is 68.2 Å². The summed E-state index contributed by atoms with van der Waals surface area (Å²) in [7, 11) is 1.60. The molecule has 0 saturated heterocycles. The van der Waals surface area contributed by atoms with Crippen LogP contribution in [-0.4, -0.2) is 27.6 Å². The lowest BCUT2D eigenvalue weighted by Crippen LogP contribution is -2.23. The highest BCUT2D eigenvalue weighted by Crippen LogP contribution is 2.26. The first-order valence-electron chi connectivity index (χ1n) is 10.8. The molecule has 0 bridgehead atoms. The van der Waals surface area contributed by atoms with Crippen LogP contribution in [0.15, 0.2) is 47.3 Å². The van der Waals surface area contributed by atoms with Crippen LogP contribution in [0, 0.1) is 4.77 Å². The van der Waals surface area contributed by atoms with Crippen LogP contribution < -0.4 is 15.6 Å². The summed E-state index contributed by atoms with van der Waals surface area (Å²) in [6.45, 7) is 0.906. The van der Waals surface area contributed by atoms with Gasteiger partial charge < -0.3 is 20.0 Å². The number of carbonyl (C=O) groups excluding carboxylic acids is 1. The second kappa shape index (κ2) is 10.2. The topological polar surface area (TPSA) is 91.9 Å². The van der Waals surface area contributed by atoms with E-state index in [-0.39, 0.29) is 11.5 Å². The molecule has 0 saturated carbocycles. The van der Waals surface area contributed by atoms with E-state index < -0.39 is 0 Å². The van der Waals surface area contributed by atoms with E-state index in [0.29, 0.717) is 46.1 Å². The van der Waals surface area contributed by atoms with Crippen molar-refractivity contribution < 1.29 is 9.53 Å². The Labute approximate surface area is 200 Å². The Kier molecular flexibility index (Phi) is 7.15. The van der Waals surface area contributed by atoms with Crippen LogP contribution in [0.25, 0.3) is 21.9 Å². The first kappa shape index (κ1) is 23.1. The van der Waals surface area contributed by atoms with Crippen molar-refractivity contribution in [2.24, 2.45) is 0 Å². The number of ether oxygens (including phenoxy) is 1. The number of methoxy groups -OCH3 is 1. The van der Waals surface area contributed by atoms with Gasteiger partial charge in [0.05, 0.1) is 12.6 Å². The molecule has 0 spiro atoms. The molecule has 3 N–H and O–H groups in total. The molecule has 4 rings (SSSR count). The van der Waals surface area contributed by atoms with Gasteiger partial charge in [-0.2, -0.15) is 0 Å². The van der Waals surface area contributed by atoms with E-state index in [1.165, 1.54) is 0 Å². The van der Waals surface area contributed by atoms with Gasteiger partial charge >= 0.3 is 0 Å². The Morgan fingerprint density at radius 3 is 2.73 bits per heavy atom. The van der Waals surface area contributed by atoms with Crippen molar-refractivity contribution >= 4 is 51.7 Å². The number of amides is 1. The van der Waals surface area contributed by atoms with Gasteiger partial charge in [0.2, 0.25) is 5.91 Å². The smallest absolute Gasteiger partial charge is 0.278 e. The molecule has 0 aliphatic carbocycles. The van der Waals surface area contributed by atoms with E-state index in [2.05, 4.69) is 15.3 Å². The van der Waals surface area contributed by atoms with Gasteiger partial charge in [0.15, 0.2) is 4.77 Å². The third-order valence-corrected chi connectivity index (χ3v) is 6.35. The maximum Gasteiger partial charge on any atom is 0.278 e. The van der Waals surface area contributed by atoms with Gasteiger partial charge in [0.1, 0.15) is 11.3 Å². The van der Waals surface area contributed by atoms with Crippen LogP contribution >= 0.6 is 23.8 Å². The fraction of sp³-hybridized carbons (Fsp3) is 0.292. The van der Waals surface area contributed by atoms with E-state index in [0.717, 1.165) is 35.7 Å². The number of hydrogen-bond donors (Lipinski definition) is 3. The number of rotatable bonds is 9. The lowest BCUT2D eigenvalue weighted by atomic mass is 10.1. The first-order valence-corrected chi connectivity index (χ1v) is 11.6. The van der Waals surface area contributed by atoms with Crippen LogP contribution in [0.5, 0.6) is 5.75 Å². The van der Waals surface area contributed by atoms with Crippen LogP contribution in [0.1, 0.15) is 31.2 Å². The van der Waals surface area contributed by atoms with E-state index in [1.54, 1.807) is 17.7 Å².